The SMILES string of the molecule is CC1=Cc2c(cc3c(c2-c2ccccc2-c2ccccc2)CCC3)[CH]1[Zr]([C]1=C(C)C(C)=C(C)C1C)[SiH](C)C.Cl.Cl. The summed E-state index contributed by atoms with van der Waals surface area (Å²) in [5.41, 5.74) is 18.8. The minimum Gasteiger partial charge on any atom is -0.147 e. The van der Waals surface area contributed by atoms with E-state index < -0.39 is 26.8 Å². The van der Waals surface area contributed by atoms with Gasteiger partial charge in [-0.05, 0) is 0 Å². The van der Waals surface area contributed by atoms with Crippen molar-refractivity contribution in [3.8, 4) is 22.3 Å². The molecule has 0 saturated carbocycles. The van der Waals surface area contributed by atoms with Crippen LogP contribution in [0.2, 0.25) is 13.1 Å². The molecular weight excluding hydrogens is 623 g/mol. The Morgan fingerprint density at radius 1 is 0.800 bits per heavy atom. The summed E-state index contributed by atoms with van der Waals surface area (Å²) in [5.74, 6) is -0.163. The fourth-order valence-electron chi connectivity index (χ4n) is 7.66. The number of hydrogen-bond donors (Lipinski definition) is 0. The molecule has 0 radical (unpaired) electrons. The van der Waals surface area contributed by atoms with Crippen molar-refractivity contribution in [2.45, 2.75) is 70.6 Å². The van der Waals surface area contributed by atoms with Gasteiger partial charge in [-0.3, -0.25) is 0 Å². The zero-order chi connectivity index (χ0) is 26.7. The summed E-state index contributed by atoms with van der Waals surface area (Å²) in [7, 11) is 0. The van der Waals surface area contributed by atoms with Crippen LogP contribution in [0.25, 0.3) is 28.3 Å². The van der Waals surface area contributed by atoms with Crippen LogP contribution in [0.4, 0.5) is 0 Å². The van der Waals surface area contributed by atoms with Gasteiger partial charge in [0.2, 0.25) is 0 Å². The van der Waals surface area contributed by atoms with Gasteiger partial charge in [0, 0.05) is 0 Å². The molecule has 4 heteroatoms. The van der Waals surface area contributed by atoms with Gasteiger partial charge in [0.25, 0.3) is 0 Å². The molecule has 6 rings (SSSR count). The quantitative estimate of drug-likeness (QED) is 0.238. The molecule has 40 heavy (non-hydrogen) atoms. The monoisotopic (exact) mass is 663 g/mol. The Kier molecular flexibility index (Phi) is 9.78. The van der Waals surface area contributed by atoms with Gasteiger partial charge in [0.1, 0.15) is 0 Å². The Balaban J connectivity index is 0.00000185. The molecule has 3 aliphatic carbocycles. The fourth-order valence-corrected chi connectivity index (χ4v) is 30.7. The van der Waals surface area contributed by atoms with E-state index in [1.165, 1.54) is 36.0 Å². The van der Waals surface area contributed by atoms with Crippen LogP contribution in [0.5, 0.6) is 0 Å². The average molecular weight is 666 g/mol. The van der Waals surface area contributed by atoms with Crippen molar-refractivity contribution in [2.75, 3.05) is 0 Å². The second-order valence-electron chi connectivity index (χ2n) is 12.2. The van der Waals surface area contributed by atoms with Gasteiger partial charge >= 0.3 is 240 Å². The molecule has 3 aliphatic rings. The summed E-state index contributed by atoms with van der Waals surface area (Å²) in [4.78, 5) is 0. The Morgan fingerprint density at radius 2 is 1.45 bits per heavy atom. The number of allylic oxidation sites excluding steroid dienone is 5. The Hall–Kier alpha value is -1.44. The maximum Gasteiger partial charge on any atom is -0.147 e. The third kappa shape index (κ3) is 5.06. The third-order valence-corrected chi connectivity index (χ3v) is 30.9. The van der Waals surface area contributed by atoms with Gasteiger partial charge in [-0.1, -0.05) is 0 Å². The molecule has 0 amide bonds. The molecule has 0 aliphatic heterocycles. The molecule has 209 valence electrons. The Bertz CT molecular complexity index is 1530. The number of hydrogen-bond acceptors (Lipinski definition) is 0. The molecule has 3 aromatic carbocycles. The molecule has 2 atom stereocenters. The standard InChI is InChI=1S/C25H21.C9H13.C2H7Si.2ClH.Zr/c1-17-14-20-16-19-10-7-13-22(19)25(24(20)15-17)23-12-6-5-11-21(23)18-8-3-2-4-9-18;1-6-5-7(2)9(4)8(6)3;1-3-2;;;/h2-6,8-9,11-12,14-16H,7,10,13H2,1H3;6H,1-4H3;3H,1-2H3;2*1H;. The van der Waals surface area contributed by atoms with Crippen molar-refractivity contribution in [1.82, 2.24) is 0 Å². The van der Waals surface area contributed by atoms with Gasteiger partial charge in [-0.2, -0.15) is 0 Å². The van der Waals surface area contributed by atoms with Gasteiger partial charge < -0.3 is 0 Å². The van der Waals surface area contributed by atoms with Crippen molar-refractivity contribution in [3.63, 3.8) is 0 Å². The first-order valence-electron chi connectivity index (χ1n) is 14.6. The van der Waals surface area contributed by atoms with Crippen molar-refractivity contribution in [3.05, 3.63) is 108 Å². The topological polar surface area (TPSA) is 0 Å². The van der Waals surface area contributed by atoms with Crippen LogP contribution in [0.3, 0.4) is 0 Å². The maximum absolute atomic E-state index is 2.70. The van der Waals surface area contributed by atoms with Crippen LogP contribution in [-0.4, -0.2) is 5.92 Å². The van der Waals surface area contributed by atoms with Crippen molar-refractivity contribution in [2.24, 2.45) is 5.92 Å². The Labute approximate surface area is 263 Å². The molecule has 0 bridgehead atoms. The van der Waals surface area contributed by atoms with E-state index in [9.17, 15) is 0 Å². The summed E-state index contributed by atoms with van der Waals surface area (Å²) >= 11 is -1.98. The van der Waals surface area contributed by atoms with Crippen LogP contribution >= 0.6 is 24.8 Å². The summed E-state index contributed by atoms with van der Waals surface area (Å²) in [5, 5.41) is 0. The molecule has 3 aromatic rings. The van der Waals surface area contributed by atoms with E-state index in [1.807, 2.05) is 3.28 Å². The van der Waals surface area contributed by atoms with E-state index in [4.69, 9.17) is 0 Å². The number of aryl methyl sites for hydroxylation is 1. The van der Waals surface area contributed by atoms with Crippen molar-refractivity contribution in [1.29, 1.82) is 0 Å². The van der Waals surface area contributed by atoms with Crippen LogP contribution in [-0.2, 0) is 33.8 Å². The van der Waals surface area contributed by atoms with E-state index in [-0.39, 0.29) is 24.8 Å². The maximum atomic E-state index is 2.70. The minimum absolute atomic E-state index is 0. The van der Waals surface area contributed by atoms with Crippen molar-refractivity contribution >= 4 is 36.8 Å². The van der Waals surface area contributed by atoms with Gasteiger partial charge in [-0.25, -0.2) is 0 Å². The van der Waals surface area contributed by atoms with Gasteiger partial charge in [0.15, 0.2) is 0 Å². The van der Waals surface area contributed by atoms with Crippen LogP contribution in [0.15, 0.2) is 86.2 Å². The van der Waals surface area contributed by atoms with Gasteiger partial charge in [0.05, 0.1) is 0 Å². The molecular formula is C36H43Cl2SiZr. The minimum atomic E-state index is -1.98. The Morgan fingerprint density at radius 3 is 2.08 bits per heavy atom. The zero-order valence-corrected chi connectivity index (χ0v) is 30.3. The molecule has 0 nitrogen and oxygen atoms in total. The predicted octanol–water partition coefficient (Wildman–Crippen LogP) is 10.7. The first-order chi connectivity index (χ1) is 18.3. The van der Waals surface area contributed by atoms with E-state index in [0.717, 1.165) is 0 Å². The van der Waals surface area contributed by atoms with E-state index in [1.54, 1.807) is 50.1 Å². The second kappa shape index (κ2) is 12.4. The molecule has 2 unspecified atom stereocenters. The smallest absolute Gasteiger partial charge is 0.147 e. The number of fused-ring (bicyclic) bond motifs is 2. The summed E-state index contributed by atoms with van der Waals surface area (Å²) in [6.07, 6.45) is 6.38. The van der Waals surface area contributed by atoms with Gasteiger partial charge in [-0.15, -0.1) is 24.8 Å². The normalized spacial score (nSPS) is 19.4. The first-order valence-corrected chi connectivity index (χ1v) is 24.4. The molecule has 0 N–H and O–H groups in total. The second-order valence-corrected chi connectivity index (χ2v) is 31.6. The summed E-state index contributed by atoms with van der Waals surface area (Å²) in [6.45, 7) is 17.6. The zero-order valence-electron chi connectivity index (χ0n) is 25.0. The molecule has 0 heterocycles. The number of halogens is 2. The van der Waals surface area contributed by atoms with Crippen LogP contribution in [0, 0.1) is 5.92 Å². The average Bonchev–Trinajstić information content (AvgIpc) is 3.57. The van der Waals surface area contributed by atoms with E-state index >= 15 is 0 Å². The number of benzene rings is 3. The first kappa shape index (κ1) is 31.5. The molecule has 0 fully saturated rings. The van der Waals surface area contributed by atoms with E-state index in [2.05, 4.69) is 114 Å². The summed E-state index contributed by atoms with van der Waals surface area (Å²) < 4.78 is 2.65. The summed E-state index contributed by atoms with van der Waals surface area (Å²) in [6, 6.07) is 22.9. The van der Waals surface area contributed by atoms with E-state index in [0.29, 0.717) is 9.54 Å². The molecule has 0 saturated heterocycles. The largest absolute Gasteiger partial charge is 0.147 e. The predicted molar refractivity (Wildman–Crippen MR) is 179 cm³/mol. The number of rotatable bonds is 5. The van der Waals surface area contributed by atoms with Crippen LogP contribution in [0.1, 0.15) is 66.9 Å². The molecule has 0 aromatic heterocycles. The fraction of sp³-hybridized carbons (Fsp3) is 0.333. The third-order valence-electron chi connectivity index (χ3n) is 9.78. The molecule has 0 spiro atoms. The van der Waals surface area contributed by atoms with Crippen molar-refractivity contribution < 1.29 is 20.9 Å². The van der Waals surface area contributed by atoms with Crippen LogP contribution < -0.4 is 0 Å².